The third kappa shape index (κ3) is 6.22. The van der Waals surface area contributed by atoms with Crippen molar-refractivity contribution in [3.05, 3.63) is 23.9 Å². The molecule has 2 amide bonds. The fourth-order valence-corrected chi connectivity index (χ4v) is 4.48. The predicted molar refractivity (Wildman–Crippen MR) is 106 cm³/mol. The number of nitrogens with zero attached hydrogens (tertiary/aromatic N) is 1. The zero-order valence-electron chi connectivity index (χ0n) is 15.9. The Morgan fingerprint density at radius 2 is 1.61 bits per heavy atom. The minimum absolute atomic E-state index is 0.0576. The second kappa shape index (κ2) is 10.5. The first kappa shape index (κ1) is 20.6. The monoisotopic (exact) mass is 405 g/mol. The normalized spacial score (nSPS) is 17.4. The van der Waals surface area contributed by atoms with Crippen molar-refractivity contribution < 1.29 is 19.1 Å². The molecule has 0 atom stereocenters. The zero-order valence-corrected chi connectivity index (χ0v) is 16.8. The van der Waals surface area contributed by atoms with Crippen LogP contribution >= 0.6 is 11.8 Å². The number of hydrogen-bond donors (Lipinski definition) is 2. The molecule has 7 nitrogen and oxygen atoms in total. The number of nitrogens with one attached hydrogen (secondary N) is 2. The summed E-state index contributed by atoms with van der Waals surface area (Å²) in [6, 6.07) is 3.69. The quantitative estimate of drug-likeness (QED) is 0.509. The molecule has 3 rings (SSSR count). The molecule has 2 saturated carbocycles. The minimum atomic E-state index is -0.603. The molecule has 8 heteroatoms. The van der Waals surface area contributed by atoms with Crippen LogP contribution in [-0.4, -0.2) is 47.2 Å². The van der Waals surface area contributed by atoms with Gasteiger partial charge in [0, 0.05) is 18.3 Å². The lowest BCUT2D eigenvalue weighted by Gasteiger charge is -2.13. The van der Waals surface area contributed by atoms with Crippen molar-refractivity contribution in [3.63, 3.8) is 0 Å². The Hall–Kier alpha value is -2.09. The van der Waals surface area contributed by atoms with Gasteiger partial charge in [-0.3, -0.25) is 9.59 Å². The second-order valence-corrected chi connectivity index (χ2v) is 8.28. The summed E-state index contributed by atoms with van der Waals surface area (Å²) in [5.74, 6) is -0.754. The minimum Gasteiger partial charge on any atom is -0.452 e. The Balaban J connectivity index is 1.47. The number of amides is 2. The van der Waals surface area contributed by atoms with Gasteiger partial charge in [0.15, 0.2) is 6.61 Å². The van der Waals surface area contributed by atoms with Gasteiger partial charge in [-0.2, -0.15) is 0 Å². The molecular formula is C20H27N3O4S. The summed E-state index contributed by atoms with van der Waals surface area (Å²) < 4.78 is 5.15. The van der Waals surface area contributed by atoms with Crippen molar-refractivity contribution in [1.29, 1.82) is 0 Å². The van der Waals surface area contributed by atoms with Crippen molar-refractivity contribution >= 4 is 29.5 Å². The summed E-state index contributed by atoms with van der Waals surface area (Å²) in [5.41, 5.74) is 0.273. The van der Waals surface area contributed by atoms with E-state index in [9.17, 15) is 14.4 Å². The van der Waals surface area contributed by atoms with Gasteiger partial charge in [-0.15, -0.1) is 0 Å². The van der Waals surface area contributed by atoms with E-state index in [2.05, 4.69) is 15.6 Å². The van der Waals surface area contributed by atoms with E-state index in [0.717, 1.165) is 51.4 Å². The molecule has 1 aromatic rings. The third-order valence-corrected chi connectivity index (χ3v) is 6.11. The van der Waals surface area contributed by atoms with Crippen molar-refractivity contribution in [2.75, 3.05) is 12.4 Å². The van der Waals surface area contributed by atoms with Crippen LogP contribution in [0.25, 0.3) is 0 Å². The standard InChI is InChI=1S/C20H27N3O4S/c24-17(22-14-6-1-2-7-14)12-27-20(26)16-10-5-11-21-19(16)28-13-18(25)23-15-8-3-4-9-15/h5,10-11,14-15H,1-4,6-9,12-13H2,(H,22,24)(H,23,25). The van der Waals surface area contributed by atoms with Gasteiger partial charge in [0.1, 0.15) is 5.03 Å². The molecular weight excluding hydrogens is 378 g/mol. The number of rotatable bonds is 8. The van der Waals surface area contributed by atoms with Gasteiger partial charge in [-0.05, 0) is 37.8 Å². The summed E-state index contributed by atoms with van der Waals surface area (Å²) in [4.78, 5) is 40.6. The summed E-state index contributed by atoms with van der Waals surface area (Å²) in [5, 5.41) is 6.34. The highest BCUT2D eigenvalue weighted by atomic mass is 32.2. The van der Waals surface area contributed by atoms with Gasteiger partial charge in [0.25, 0.3) is 5.91 Å². The highest BCUT2D eigenvalue weighted by Gasteiger charge is 2.21. The average molecular weight is 406 g/mol. The molecule has 2 N–H and O–H groups in total. The van der Waals surface area contributed by atoms with E-state index in [1.807, 2.05) is 0 Å². The lowest BCUT2D eigenvalue weighted by Crippen LogP contribution is -2.36. The van der Waals surface area contributed by atoms with Crippen molar-refractivity contribution in [3.8, 4) is 0 Å². The highest BCUT2D eigenvalue weighted by molar-refractivity contribution is 8.00. The van der Waals surface area contributed by atoms with Crippen molar-refractivity contribution in [1.82, 2.24) is 15.6 Å². The lowest BCUT2D eigenvalue weighted by atomic mass is 10.2. The number of ether oxygens (including phenoxy) is 1. The summed E-state index contributed by atoms with van der Waals surface area (Å²) in [7, 11) is 0. The predicted octanol–water partition coefficient (Wildman–Crippen LogP) is 2.45. The van der Waals surface area contributed by atoms with E-state index in [0.29, 0.717) is 5.03 Å². The Kier molecular flexibility index (Phi) is 7.71. The maximum absolute atomic E-state index is 12.4. The van der Waals surface area contributed by atoms with Crippen LogP contribution in [0.4, 0.5) is 0 Å². The van der Waals surface area contributed by atoms with E-state index in [-0.39, 0.29) is 41.8 Å². The van der Waals surface area contributed by atoms with Crippen LogP contribution < -0.4 is 10.6 Å². The number of esters is 1. The van der Waals surface area contributed by atoms with E-state index < -0.39 is 5.97 Å². The van der Waals surface area contributed by atoms with E-state index in [1.165, 1.54) is 11.8 Å². The molecule has 0 aromatic carbocycles. The van der Waals surface area contributed by atoms with Crippen LogP contribution in [0, 0.1) is 0 Å². The van der Waals surface area contributed by atoms with Crippen molar-refractivity contribution in [2.45, 2.75) is 68.5 Å². The van der Waals surface area contributed by atoms with Gasteiger partial charge in [0.05, 0.1) is 11.3 Å². The molecule has 0 radical (unpaired) electrons. The molecule has 2 aliphatic rings. The number of thioether (sulfide) groups is 1. The largest absolute Gasteiger partial charge is 0.452 e. The molecule has 0 aliphatic heterocycles. The van der Waals surface area contributed by atoms with Crippen LogP contribution in [0.5, 0.6) is 0 Å². The highest BCUT2D eigenvalue weighted by Crippen LogP contribution is 2.22. The van der Waals surface area contributed by atoms with Gasteiger partial charge in [0.2, 0.25) is 5.91 Å². The molecule has 0 saturated heterocycles. The SMILES string of the molecule is O=C(COC(=O)c1cccnc1SCC(=O)NC1CCCC1)NC1CCCC1. The van der Waals surface area contributed by atoms with Gasteiger partial charge in [-0.1, -0.05) is 37.4 Å². The molecule has 2 aliphatic carbocycles. The lowest BCUT2D eigenvalue weighted by molar-refractivity contribution is -0.125. The van der Waals surface area contributed by atoms with Crippen LogP contribution in [-0.2, 0) is 14.3 Å². The molecule has 2 fully saturated rings. The first-order chi connectivity index (χ1) is 13.6. The van der Waals surface area contributed by atoms with E-state index >= 15 is 0 Å². The summed E-state index contributed by atoms with van der Waals surface area (Å²) in [6.07, 6.45) is 10.1. The van der Waals surface area contributed by atoms with E-state index in [1.54, 1.807) is 18.3 Å². The van der Waals surface area contributed by atoms with Crippen LogP contribution in [0.15, 0.2) is 23.4 Å². The van der Waals surface area contributed by atoms with Gasteiger partial charge in [-0.25, -0.2) is 9.78 Å². The second-order valence-electron chi connectivity index (χ2n) is 7.32. The maximum atomic E-state index is 12.4. The topological polar surface area (TPSA) is 97.4 Å². The molecule has 1 heterocycles. The molecule has 0 bridgehead atoms. The first-order valence-corrected chi connectivity index (χ1v) is 10.9. The maximum Gasteiger partial charge on any atom is 0.341 e. The Labute approximate surface area is 169 Å². The molecule has 28 heavy (non-hydrogen) atoms. The Morgan fingerprint density at radius 1 is 1.00 bits per heavy atom. The number of carbonyl (C=O) groups is 3. The van der Waals surface area contributed by atoms with E-state index in [4.69, 9.17) is 4.74 Å². The Bertz CT molecular complexity index is 700. The average Bonchev–Trinajstić information content (AvgIpc) is 3.39. The Morgan fingerprint density at radius 3 is 2.25 bits per heavy atom. The fourth-order valence-electron chi connectivity index (χ4n) is 3.68. The number of carbonyl (C=O) groups excluding carboxylic acids is 3. The number of aromatic nitrogens is 1. The van der Waals surface area contributed by atoms with Crippen LogP contribution in [0.2, 0.25) is 0 Å². The number of hydrogen-bond acceptors (Lipinski definition) is 6. The van der Waals surface area contributed by atoms with Crippen LogP contribution in [0.3, 0.4) is 0 Å². The molecule has 1 aromatic heterocycles. The zero-order chi connectivity index (χ0) is 19.8. The summed E-state index contributed by atoms with van der Waals surface area (Å²) >= 11 is 1.20. The first-order valence-electron chi connectivity index (χ1n) is 9.95. The number of pyridine rings is 1. The summed E-state index contributed by atoms with van der Waals surface area (Å²) in [6.45, 7) is -0.309. The molecule has 152 valence electrons. The molecule has 0 spiro atoms. The van der Waals surface area contributed by atoms with Gasteiger partial charge >= 0.3 is 5.97 Å². The fraction of sp³-hybridized carbons (Fsp3) is 0.600. The smallest absolute Gasteiger partial charge is 0.341 e. The molecule has 0 unspecified atom stereocenters. The van der Waals surface area contributed by atoms with Crippen molar-refractivity contribution in [2.24, 2.45) is 0 Å². The van der Waals surface area contributed by atoms with Gasteiger partial charge < -0.3 is 15.4 Å². The third-order valence-electron chi connectivity index (χ3n) is 5.11. The van der Waals surface area contributed by atoms with Crippen LogP contribution in [0.1, 0.15) is 61.7 Å².